The Hall–Kier alpha value is -0.560. The minimum Gasteiger partial charge on any atom is -0.477 e. The Balaban J connectivity index is 3.88. The van der Waals surface area contributed by atoms with Crippen LogP contribution in [0.2, 0.25) is 0 Å². The monoisotopic (exact) mass is 230 g/mol. The van der Waals surface area contributed by atoms with Crippen molar-refractivity contribution in [1.82, 2.24) is 0 Å². The first kappa shape index (κ1) is 13.4. The molecule has 4 nitrogen and oxygen atoms in total. The van der Waals surface area contributed by atoms with Gasteiger partial charge in [0.05, 0.1) is 5.75 Å². The molecule has 0 bridgehead atoms. The fourth-order valence-corrected chi connectivity index (χ4v) is 1.81. The fourth-order valence-electron chi connectivity index (χ4n) is 0.700. The van der Waals surface area contributed by atoms with Gasteiger partial charge in [0.25, 0.3) is 0 Å². The number of alkyl halides is 2. The van der Waals surface area contributed by atoms with Crippen LogP contribution in [0, 0.1) is 0 Å². The second-order valence-corrected chi connectivity index (χ2v) is 4.22. The Labute approximate surface area is 82.7 Å². The summed E-state index contributed by atoms with van der Waals surface area (Å²) in [6, 6.07) is 0. The van der Waals surface area contributed by atoms with Gasteiger partial charge in [-0.15, -0.1) is 0 Å². The zero-order chi connectivity index (χ0) is 11.2. The second kappa shape index (κ2) is 6.02. The van der Waals surface area contributed by atoms with Crippen molar-refractivity contribution in [3.8, 4) is 0 Å². The topological polar surface area (TPSA) is 63.6 Å². The summed E-state index contributed by atoms with van der Waals surface area (Å²) in [4.78, 5) is 9.98. The molecule has 0 radical (unpaired) electrons. The number of hydrogen-bond donors (Lipinski definition) is 1. The number of carboxylic acids is 1. The molecule has 0 aliphatic carbocycles. The number of aliphatic carboxylic acids is 1. The molecule has 0 aromatic carbocycles. The van der Waals surface area contributed by atoms with E-state index in [1.807, 2.05) is 0 Å². The molecule has 0 aliphatic heterocycles. The van der Waals surface area contributed by atoms with E-state index in [1.54, 1.807) is 0 Å². The smallest absolute Gasteiger partial charge is 0.375 e. The summed E-state index contributed by atoms with van der Waals surface area (Å²) in [6.07, 6.45) is 0.374. The van der Waals surface area contributed by atoms with Crippen molar-refractivity contribution in [2.24, 2.45) is 0 Å². The van der Waals surface area contributed by atoms with Gasteiger partial charge in [-0.3, -0.25) is 4.21 Å². The lowest BCUT2D eigenvalue weighted by molar-refractivity contribution is -0.161. The average molecular weight is 230 g/mol. The SMILES string of the molecule is COCCCS(=O)CC(F)(F)C(=O)O. The Morgan fingerprint density at radius 2 is 2.14 bits per heavy atom. The van der Waals surface area contributed by atoms with Crippen LogP contribution in [-0.4, -0.2) is 46.4 Å². The first-order valence-electron chi connectivity index (χ1n) is 3.85. The van der Waals surface area contributed by atoms with Crippen LogP contribution in [-0.2, 0) is 20.3 Å². The van der Waals surface area contributed by atoms with E-state index in [9.17, 15) is 17.8 Å². The predicted octanol–water partition coefficient (Wildman–Crippen LogP) is 0.491. The maximum Gasteiger partial charge on any atom is 0.375 e. The van der Waals surface area contributed by atoms with E-state index >= 15 is 0 Å². The number of halogens is 2. The third-order valence-electron chi connectivity index (χ3n) is 1.38. The number of methoxy groups -OCH3 is 1. The van der Waals surface area contributed by atoms with E-state index in [2.05, 4.69) is 4.74 Å². The third kappa shape index (κ3) is 5.23. The number of carboxylic acid groups (broad SMARTS) is 1. The van der Waals surface area contributed by atoms with Crippen molar-refractivity contribution < 1.29 is 27.6 Å². The van der Waals surface area contributed by atoms with Gasteiger partial charge in [-0.1, -0.05) is 0 Å². The molecule has 0 saturated carbocycles. The number of carbonyl (C=O) groups is 1. The zero-order valence-electron chi connectivity index (χ0n) is 7.66. The van der Waals surface area contributed by atoms with Crippen LogP contribution in [0.3, 0.4) is 0 Å². The summed E-state index contributed by atoms with van der Waals surface area (Å²) in [5, 5.41) is 8.05. The maximum absolute atomic E-state index is 12.5. The van der Waals surface area contributed by atoms with Gasteiger partial charge in [0.15, 0.2) is 0 Å². The minimum absolute atomic E-state index is 0.0245. The van der Waals surface area contributed by atoms with E-state index in [1.165, 1.54) is 7.11 Å². The molecule has 84 valence electrons. The first-order valence-corrected chi connectivity index (χ1v) is 5.34. The van der Waals surface area contributed by atoms with E-state index in [4.69, 9.17) is 5.11 Å². The van der Waals surface area contributed by atoms with Crippen LogP contribution >= 0.6 is 0 Å². The Morgan fingerprint density at radius 3 is 2.57 bits per heavy atom. The highest BCUT2D eigenvalue weighted by atomic mass is 32.2. The molecule has 0 rings (SSSR count). The van der Waals surface area contributed by atoms with Gasteiger partial charge >= 0.3 is 11.9 Å². The Bertz CT molecular complexity index is 220. The molecular formula is C7H12F2O4S. The van der Waals surface area contributed by atoms with E-state index < -0.39 is 28.4 Å². The molecule has 7 heteroatoms. The molecule has 0 saturated heterocycles. The highest BCUT2D eigenvalue weighted by Gasteiger charge is 2.40. The number of rotatable bonds is 7. The summed E-state index contributed by atoms with van der Waals surface area (Å²) >= 11 is 0. The van der Waals surface area contributed by atoms with Gasteiger partial charge in [0, 0.05) is 30.3 Å². The van der Waals surface area contributed by atoms with Crippen molar-refractivity contribution in [2.45, 2.75) is 12.3 Å². The summed E-state index contributed by atoms with van der Waals surface area (Å²) in [5.41, 5.74) is 0. The quantitative estimate of drug-likeness (QED) is 0.646. The van der Waals surface area contributed by atoms with Gasteiger partial charge < -0.3 is 9.84 Å². The minimum atomic E-state index is -3.90. The van der Waals surface area contributed by atoms with E-state index in [0.717, 1.165) is 0 Å². The first-order chi connectivity index (χ1) is 6.40. The lowest BCUT2D eigenvalue weighted by atomic mass is 10.4. The standard InChI is InChI=1S/C7H12F2O4S/c1-13-3-2-4-14(12)5-7(8,9)6(10)11/h2-5H2,1H3,(H,10,11). The molecule has 1 N–H and O–H groups in total. The van der Waals surface area contributed by atoms with Crippen LogP contribution in [0.4, 0.5) is 8.78 Å². The summed E-state index contributed by atoms with van der Waals surface area (Å²) in [7, 11) is -0.383. The van der Waals surface area contributed by atoms with Crippen molar-refractivity contribution in [3.05, 3.63) is 0 Å². The summed E-state index contributed by atoms with van der Waals surface area (Å²) in [6.45, 7) is 0.324. The number of hydrogen-bond acceptors (Lipinski definition) is 3. The molecule has 0 aliphatic rings. The molecular weight excluding hydrogens is 218 g/mol. The average Bonchev–Trinajstić information content (AvgIpc) is 2.03. The maximum atomic E-state index is 12.5. The molecule has 0 fully saturated rings. The van der Waals surface area contributed by atoms with Crippen molar-refractivity contribution in [3.63, 3.8) is 0 Å². The molecule has 0 aromatic heterocycles. The van der Waals surface area contributed by atoms with Crippen LogP contribution in [0.25, 0.3) is 0 Å². The summed E-state index contributed by atoms with van der Waals surface area (Å²) in [5.74, 6) is -7.25. The highest BCUT2D eigenvalue weighted by Crippen LogP contribution is 2.15. The lowest BCUT2D eigenvalue weighted by Crippen LogP contribution is -2.35. The van der Waals surface area contributed by atoms with Crippen molar-refractivity contribution in [1.29, 1.82) is 0 Å². The van der Waals surface area contributed by atoms with Gasteiger partial charge in [0.2, 0.25) is 0 Å². The van der Waals surface area contributed by atoms with Gasteiger partial charge in [-0.05, 0) is 6.42 Å². The molecule has 0 aromatic rings. The molecule has 1 atom stereocenters. The Morgan fingerprint density at radius 1 is 1.57 bits per heavy atom. The normalized spacial score (nSPS) is 13.9. The van der Waals surface area contributed by atoms with Crippen molar-refractivity contribution >= 4 is 16.8 Å². The molecule has 0 heterocycles. The van der Waals surface area contributed by atoms with Gasteiger partial charge in [-0.25, -0.2) is 4.79 Å². The lowest BCUT2D eigenvalue weighted by Gasteiger charge is -2.09. The van der Waals surface area contributed by atoms with Gasteiger partial charge in [0.1, 0.15) is 0 Å². The highest BCUT2D eigenvalue weighted by molar-refractivity contribution is 7.85. The third-order valence-corrected chi connectivity index (χ3v) is 2.80. The molecule has 0 amide bonds. The van der Waals surface area contributed by atoms with Gasteiger partial charge in [-0.2, -0.15) is 8.78 Å². The zero-order valence-corrected chi connectivity index (χ0v) is 8.48. The number of ether oxygens (including phenoxy) is 1. The second-order valence-electron chi connectivity index (χ2n) is 2.64. The summed E-state index contributed by atoms with van der Waals surface area (Å²) < 4.78 is 40.5. The van der Waals surface area contributed by atoms with Crippen LogP contribution in [0.1, 0.15) is 6.42 Å². The molecule has 14 heavy (non-hydrogen) atoms. The van der Waals surface area contributed by atoms with E-state index in [0.29, 0.717) is 13.0 Å². The van der Waals surface area contributed by atoms with Crippen LogP contribution in [0.5, 0.6) is 0 Å². The van der Waals surface area contributed by atoms with Crippen molar-refractivity contribution in [2.75, 3.05) is 25.2 Å². The predicted molar refractivity (Wildman–Crippen MR) is 47.0 cm³/mol. The largest absolute Gasteiger partial charge is 0.477 e. The Kier molecular flexibility index (Phi) is 5.78. The van der Waals surface area contributed by atoms with Crippen LogP contribution < -0.4 is 0 Å². The van der Waals surface area contributed by atoms with Crippen LogP contribution in [0.15, 0.2) is 0 Å². The fraction of sp³-hybridized carbons (Fsp3) is 0.857. The molecule has 1 unspecified atom stereocenters. The molecule has 0 spiro atoms. The van der Waals surface area contributed by atoms with E-state index in [-0.39, 0.29) is 5.75 Å².